The standard InChI is InChI=1S/C42H49N2O7PS2/c1-27(2)29-20-21-41(4)37(22-29)51-52(53,54-41)26-30-23-38(44-24-28(3)39(45)43-40(44)46)50-36(30)25-49-42(31-10-8-7-9-11-31,32-12-16-34(47-5)17-13-32)33-14-18-35(48-6)19-15-33/h7-19,24,29-30,36-38H,1,20-23,25-26H2,2-6H3,(H,43,45,46)/t29-,30+,36+,37+,38+,41+,52-/m0/s1. The van der Waals surface area contributed by atoms with Gasteiger partial charge in [-0.2, -0.15) is 0 Å². The van der Waals surface area contributed by atoms with Crippen LogP contribution >= 0.6 is 16.8 Å². The molecule has 1 N–H and O–H groups in total. The number of aryl methyl sites for hydroxylation is 1. The number of fused-ring (bicyclic) bond motifs is 1. The van der Waals surface area contributed by atoms with Crippen LogP contribution in [0.15, 0.2) is 107 Å². The molecule has 0 radical (unpaired) electrons. The number of rotatable bonds is 12. The second-order valence-electron chi connectivity index (χ2n) is 15.0. The molecule has 286 valence electrons. The van der Waals surface area contributed by atoms with Gasteiger partial charge in [-0.05, 0) is 99.2 Å². The van der Waals surface area contributed by atoms with E-state index in [1.807, 2.05) is 78.1 Å². The Balaban J connectivity index is 1.27. The van der Waals surface area contributed by atoms with Gasteiger partial charge in [0, 0.05) is 22.7 Å². The first kappa shape index (κ1) is 38.8. The lowest BCUT2D eigenvalue weighted by molar-refractivity contribution is -0.0835. The zero-order valence-corrected chi connectivity index (χ0v) is 34.0. The van der Waals surface area contributed by atoms with Crippen LogP contribution in [0.25, 0.3) is 0 Å². The van der Waals surface area contributed by atoms with E-state index in [0.717, 1.165) is 47.5 Å². The zero-order valence-electron chi connectivity index (χ0n) is 31.5. The van der Waals surface area contributed by atoms with Crippen molar-refractivity contribution in [1.82, 2.24) is 9.55 Å². The predicted molar refractivity (Wildman–Crippen MR) is 219 cm³/mol. The number of methoxy groups -OCH3 is 2. The number of H-pyrrole nitrogens is 1. The van der Waals surface area contributed by atoms with Gasteiger partial charge >= 0.3 is 5.69 Å². The van der Waals surface area contributed by atoms with E-state index < -0.39 is 34.6 Å². The number of nitrogens with zero attached hydrogens (tertiary/aromatic N) is 1. The van der Waals surface area contributed by atoms with Gasteiger partial charge in [0.25, 0.3) is 5.56 Å². The SMILES string of the molecule is C=C(C)[C@H]1CC[C@@]2(C)S[P@@](=S)(C[C@H]3C[C@H](n4cc(C)c(=O)[nH]c4=O)O[C@@H]3COC(c3ccccc3)(c3ccc(OC)cc3)c3ccc(OC)cc3)O[C@@H]2C1. The molecule has 1 aromatic heterocycles. The van der Waals surface area contributed by atoms with E-state index in [9.17, 15) is 9.59 Å². The maximum Gasteiger partial charge on any atom is 0.330 e. The summed E-state index contributed by atoms with van der Waals surface area (Å²) >= 11 is 8.36. The summed E-state index contributed by atoms with van der Waals surface area (Å²) in [5.41, 5.74) is 0.0281. The van der Waals surface area contributed by atoms with E-state index in [1.54, 1.807) is 27.3 Å². The molecule has 54 heavy (non-hydrogen) atoms. The van der Waals surface area contributed by atoms with E-state index in [0.29, 0.717) is 24.1 Å². The fourth-order valence-electron chi connectivity index (χ4n) is 8.26. The highest BCUT2D eigenvalue weighted by Crippen LogP contribution is 2.76. The average molecular weight is 789 g/mol. The summed E-state index contributed by atoms with van der Waals surface area (Å²) in [6, 6.07) is 26.0. The average Bonchev–Trinajstić information content (AvgIpc) is 3.69. The molecule has 2 saturated heterocycles. The Morgan fingerprint density at radius 1 is 1.00 bits per heavy atom. The van der Waals surface area contributed by atoms with Crippen molar-refractivity contribution in [2.24, 2.45) is 11.8 Å². The first-order valence-corrected chi connectivity index (χ1v) is 22.8. The maximum absolute atomic E-state index is 13.2. The Labute approximate surface area is 326 Å². The fraction of sp³-hybridized carbons (Fsp3) is 0.429. The van der Waals surface area contributed by atoms with E-state index in [-0.39, 0.29) is 23.4 Å². The second kappa shape index (κ2) is 15.6. The van der Waals surface area contributed by atoms with Crippen molar-refractivity contribution >= 4 is 28.7 Å². The summed E-state index contributed by atoms with van der Waals surface area (Å²) in [4.78, 5) is 28.0. The van der Waals surface area contributed by atoms with Crippen LogP contribution in [0, 0.1) is 18.8 Å². The van der Waals surface area contributed by atoms with Gasteiger partial charge in [-0.15, -0.1) is 0 Å². The number of nitrogens with one attached hydrogen (secondary N) is 1. The summed E-state index contributed by atoms with van der Waals surface area (Å²) in [5, 5.41) is 0. The molecule has 12 heteroatoms. The molecule has 4 aromatic rings. The van der Waals surface area contributed by atoms with Crippen LogP contribution in [-0.4, -0.2) is 53.5 Å². The number of hydrogen-bond donors (Lipinski definition) is 1. The van der Waals surface area contributed by atoms with Crippen LogP contribution in [0.4, 0.5) is 0 Å². The largest absolute Gasteiger partial charge is 0.497 e. The molecule has 1 saturated carbocycles. The van der Waals surface area contributed by atoms with Gasteiger partial charge in [-0.25, -0.2) is 4.79 Å². The minimum absolute atomic E-state index is 0.0511. The summed E-state index contributed by atoms with van der Waals surface area (Å²) in [6.07, 6.45) is 4.77. The van der Waals surface area contributed by atoms with Crippen LogP contribution < -0.4 is 20.7 Å². The van der Waals surface area contributed by atoms with Crippen LogP contribution in [-0.2, 0) is 31.4 Å². The quantitative estimate of drug-likeness (QED) is 0.0863. The van der Waals surface area contributed by atoms with Crippen molar-refractivity contribution in [2.75, 3.05) is 27.0 Å². The van der Waals surface area contributed by atoms with Crippen molar-refractivity contribution < 1.29 is 23.5 Å². The molecule has 0 spiro atoms. The Hall–Kier alpha value is -3.44. The van der Waals surface area contributed by atoms with Gasteiger partial charge in [-0.3, -0.25) is 14.3 Å². The van der Waals surface area contributed by atoms with Gasteiger partial charge < -0.3 is 23.5 Å². The summed E-state index contributed by atoms with van der Waals surface area (Å²) < 4.78 is 33.6. The highest BCUT2D eigenvalue weighted by atomic mass is 32.9. The minimum atomic E-state index is -2.38. The van der Waals surface area contributed by atoms with Crippen molar-refractivity contribution in [3.05, 3.63) is 140 Å². The monoisotopic (exact) mass is 788 g/mol. The van der Waals surface area contributed by atoms with Gasteiger partial charge in [0.05, 0.1) is 33.0 Å². The minimum Gasteiger partial charge on any atom is -0.497 e. The first-order chi connectivity index (χ1) is 25.9. The Morgan fingerprint density at radius 2 is 1.61 bits per heavy atom. The van der Waals surface area contributed by atoms with Gasteiger partial charge in [0.2, 0.25) is 0 Å². The van der Waals surface area contributed by atoms with Gasteiger partial charge in [-0.1, -0.05) is 89.9 Å². The van der Waals surface area contributed by atoms with Crippen LogP contribution in [0.1, 0.15) is 68.0 Å². The van der Waals surface area contributed by atoms with Crippen LogP contribution in [0.5, 0.6) is 11.5 Å². The summed E-state index contributed by atoms with van der Waals surface area (Å²) in [7, 11) is 3.30. The third kappa shape index (κ3) is 7.56. The van der Waals surface area contributed by atoms with Crippen LogP contribution in [0.2, 0.25) is 0 Å². The first-order valence-electron chi connectivity index (χ1n) is 18.5. The van der Waals surface area contributed by atoms with Crippen molar-refractivity contribution in [3.63, 3.8) is 0 Å². The fourth-order valence-corrected chi connectivity index (χ4v) is 17.5. The molecule has 3 aliphatic rings. The molecule has 1 aliphatic carbocycles. The van der Waals surface area contributed by atoms with E-state index in [4.69, 9.17) is 35.3 Å². The molecule has 7 rings (SSSR count). The highest BCUT2D eigenvalue weighted by molar-refractivity contribution is 8.70. The summed E-state index contributed by atoms with van der Waals surface area (Å²) in [6.45, 7) is 10.5. The third-order valence-electron chi connectivity index (χ3n) is 11.4. The van der Waals surface area contributed by atoms with Crippen molar-refractivity contribution in [1.29, 1.82) is 0 Å². The maximum atomic E-state index is 13.2. The van der Waals surface area contributed by atoms with E-state index >= 15 is 0 Å². The molecular weight excluding hydrogens is 740 g/mol. The van der Waals surface area contributed by atoms with Crippen molar-refractivity contribution in [3.8, 4) is 11.5 Å². The number of allylic oxidation sites excluding steroid dienone is 1. The number of aromatic amines is 1. The highest BCUT2D eigenvalue weighted by Gasteiger charge is 2.54. The molecule has 0 amide bonds. The number of aromatic nitrogens is 2. The molecule has 3 aromatic carbocycles. The lowest BCUT2D eigenvalue weighted by Gasteiger charge is -2.37. The lowest BCUT2D eigenvalue weighted by Crippen LogP contribution is -2.39. The zero-order chi connectivity index (χ0) is 38.3. The smallest absolute Gasteiger partial charge is 0.330 e. The molecule has 2 aliphatic heterocycles. The molecular formula is C42H49N2O7PS2. The number of hydrogen-bond acceptors (Lipinski definition) is 9. The van der Waals surface area contributed by atoms with Gasteiger partial charge in [0.1, 0.15) is 28.8 Å². The van der Waals surface area contributed by atoms with Crippen LogP contribution in [0.3, 0.4) is 0 Å². The molecule has 3 heterocycles. The topological polar surface area (TPSA) is 101 Å². The molecule has 0 bridgehead atoms. The predicted octanol–water partition coefficient (Wildman–Crippen LogP) is 8.35. The second-order valence-corrected chi connectivity index (χ2v) is 22.7. The normalized spacial score (nSPS) is 28.1. The van der Waals surface area contributed by atoms with Gasteiger partial charge in [0.15, 0.2) is 0 Å². The molecule has 3 fully saturated rings. The Bertz CT molecular complexity index is 2090. The Morgan fingerprint density at radius 3 is 2.20 bits per heavy atom. The molecule has 9 nitrogen and oxygen atoms in total. The van der Waals surface area contributed by atoms with Crippen molar-refractivity contribution in [2.45, 2.75) is 75.2 Å². The molecule has 7 atom stereocenters. The Kier molecular flexibility index (Phi) is 11.2. The van der Waals surface area contributed by atoms with E-state index in [2.05, 4.69) is 37.5 Å². The summed E-state index contributed by atoms with van der Waals surface area (Å²) in [5.74, 6) is 1.81. The third-order valence-corrected chi connectivity index (χ3v) is 18.2. The molecule has 0 unspecified atom stereocenters. The number of ether oxygens (including phenoxy) is 4. The van der Waals surface area contributed by atoms with E-state index in [1.165, 1.54) is 10.1 Å². The number of benzene rings is 3. The lowest BCUT2D eigenvalue weighted by atomic mass is 9.77.